The van der Waals surface area contributed by atoms with Crippen LogP contribution in [-0.4, -0.2) is 25.0 Å². The van der Waals surface area contributed by atoms with Crippen molar-refractivity contribution in [3.05, 3.63) is 35.9 Å². The number of rotatable bonds is 9. The molecule has 0 spiro atoms. The minimum atomic E-state index is -0.162. The number of guanidine groups is 1. The third-order valence-electron chi connectivity index (χ3n) is 2.98. The maximum atomic E-state index is 11.6. The number of benzene rings is 1. The molecular weight excluding hydrogens is 405 g/mol. The van der Waals surface area contributed by atoms with Crippen LogP contribution >= 0.6 is 24.0 Å². The summed E-state index contributed by atoms with van der Waals surface area (Å²) in [5, 5.41) is 3.05. The summed E-state index contributed by atoms with van der Waals surface area (Å²) in [5.74, 6) is 0.811. The molecule has 0 aliphatic carbocycles. The lowest BCUT2D eigenvalue weighted by Crippen LogP contribution is -2.32. The molecule has 1 aromatic rings. The molecule has 130 valence electrons. The molecule has 1 aromatic carbocycles. The molecule has 0 atom stereocenters. The highest BCUT2D eigenvalue weighted by molar-refractivity contribution is 14.0. The normalized spacial score (nSPS) is 11.0. The van der Waals surface area contributed by atoms with E-state index < -0.39 is 0 Å². The first-order chi connectivity index (χ1) is 10.6. The summed E-state index contributed by atoms with van der Waals surface area (Å²) in [7, 11) is 0. The SMILES string of the molecule is CC(C)CN=C(N)NCCCCC(=O)OCc1ccccc1.I. The van der Waals surface area contributed by atoms with Gasteiger partial charge in [0, 0.05) is 19.5 Å². The third kappa shape index (κ3) is 11.9. The van der Waals surface area contributed by atoms with Crippen LogP contribution in [0.25, 0.3) is 0 Å². The van der Waals surface area contributed by atoms with Gasteiger partial charge in [-0.1, -0.05) is 44.2 Å². The summed E-state index contributed by atoms with van der Waals surface area (Å²) in [6.45, 7) is 5.98. The average molecular weight is 433 g/mol. The fraction of sp³-hybridized carbons (Fsp3) is 0.529. The molecule has 0 saturated heterocycles. The molecule has 0 aromatic heterocycles. The first-order valence-corrected chi connectivity index (χ1v) is 7.81. The number of carbonyl (C=O) groups is 1. The van der Waals surface area contributed by atoms with Gasteiger partial charge in [-0.2, -0.15) is 0 Å². The molecule has 0 unspecified atom stereocenters. The topological polar surface area (TPSA) is 76.7 Å². The summed E-state index contributed by atoms with van der Waals surface area (Å²) in [4.78, 5) is 15.8. The lowest BCUT2D eigenvalue weighted by Gasteiger charge is -2.07. The van der Waals surface area contributed by atoms with Crippen molar-refractivity contribution in [1.29, 1.82) is 0 Å². The molecule has 23 heavy (non-hydrogen) atoms. The van der Waals surface area contributed by atoms with Crippen molar-refractivity contribution in [3.8, 4) is 0 Å². The van der Waals surface area contributed by atoms with E-state index >= 15 is 0 Å². The first-order valence-electron chi connectivity index (χ1n) is 7.81. The Hall–Kier alpha value is -1.31. The van der Waals surface area contributed by atoms with Crippen LogP contribution in [0.5, 0.6) is 0 Å². The Balaban J connectivity index is 0.00000484. The molecule has 0 bridgehead atoms. The minimum Gasteiger partial charge on any atom is -0.461 e. The molecular formula is C17H28IN3O2. The highest BCUT2D eigenvalue weighted by Crippen LogP contribution is 2.03. The summed E-state index contributed by atoms with van der Waals surface area (Å²) < 4.78 is 5.21. The number of hydrogen-bond donors (Lipinski definition) is 2. The molecule has 0 saturated carbocycles. The van der Waals surface area contributed by atoms with Crippen LogP contribution in [0, 0.1) is 5.92 Å². The number of carbonyl (C=O) groups excluding carboxylic acids is 1. The van der Waals surface area contributed by atoms with E-state index in [9.17, 15) is 4.79 Å². The van der Waals surface area contributed by atoms with Crippen LogP contribution in [-0.2, 0) is 16.1 Å². The van der Waals surface area contributed by atoms with Crippen molar-refractivity contribution < 1.29 is 9.53 Å². The first kappa shape index (κ1) is 21.7. The number of esters is 1. The number of halogens is 1. The van der Waals surface area contributed by atoms with Crippen molar-refractivity contribution in [2.24, 2.45) is 16.6 Å². The van der Waals surface area contributed by atoms with Crippen LogP contribution in [0.4, 0.5) is 0 Å². The van der Waals surface area contributed by atoms with Crippen LogP contribution in [0.15, 0.2) is 35.3 Å². The van der Waals surface area contributed by atoms with Gasteiger partial charge in [-0.05, 0) is 24.3 Å². The van der Waals surface area contributed by atoms with Crippen LogP contribution < -0.4 is 11.1 Å². The predicted molar refractivity (Wildman–Crippen MR) is 105 cm³/mol. The van der Waals surface area contributed by atoms with E-state index in [1.165, 1.54) is 0 Å². The summed E-state index contributed by atoms with van der Waals surface area (Å²) in [5.41, 5.74) is 6.73. The number of ether oxygens (including phenoxy) is 1. The summed E-state index contributed by atoms with van der Waals surface area (Å²) >= 11 is 0. The Morgan fingerprint density at radius 2 is 1.96 bits per heavy atom. The van der Waals surface area contributed by atoms with E-state index in [4.69, 9.17) is 10.5 Å². The number of unbranched alkanes of at least 4 members (excludes halogenated alkanes) is 1. The fourth-order valence-corrected chi connectivity index (χ4v) is 1.76. The Bertz CT molecular complexity index is 464. The molecule has 3 N–H and O–H groups in total. The quantitative estimate of drug-likeness (QED) is 0.206. The lowest BCUT2D eigenvalue weighted by atomic mass is 10.2. The Morgan fingerprint density at radius 3 is 2.61 bits per heavy atom. The van der Waals surface area contributed by atoms with Gasteiger partial charge in [0.2, 0.25) is 0 Å². The molecule has 0 aliphatic rings. The van der Waals surface area contributed by atoms with Gasteiger partial charge in [-0.25, -0.2) is 0 Å². The van der Waals surface area contributed by atoms with Crippen molar-refractivity contribution in [2.45, 2.75) is 39.7 Å². The number of aliphatic imine (C=N–C) groups is 1. The van der Waals surface area contributed by atoms with Crippen molar-refractivity contribution in [3.63, 3.8) is 0 Å². The Labute approximate surface area is 156 Å². The zero-order valence-corrected chi connectivity index (χ0v) is 16.3. The number of nitrogens with two attached hydrogens (primary N) is 1. The molecule has 0 aliphatic heterocycles. The van der Waals surface area contributed by atoms with Crippen molar-refractivity contribution >= 4 is 35.9 Å². The van der Waals surface area contributed by atoms with E-state index in [0.29, 0.717) is 24.9 Å². The maximum absolute atomic E-state index is 11.6. The number of nitrogens with one attached hydrogen (secondary N) is 1. The maximum Gasteiger partial charge on any atom is 0.306 e. The number of hydrogen-bond acceptors (Lipinski definition) is 3. The standard InChI is InChI=1S/C17H27N3O2.HI/c1-14(2)12-20-17(18)19-11-7-6-10-16(21)22-13-15-8-4-3-5-9-15;/h3-5,8-9,14H,6-7,10-13H2,1-2H3,(H3,18,19,20);1H. The second-order valence-corrected chi connectivity index (χ2v) is 5.65. The monoisotopic (exact) mass is 433 g/mol. The molecule has 0 amide bonds. The van der Waals surface area contributed by atoms with Gasteiger partial charge >= 0.3 is 5.97 Å². The highest BCUT2D eigenvalue weighted by atomic mass is 127. The largest absolute Gasteiger partial charge is 0.461 e. The van der Waals surface area contributed by atoms with Gasteiger partial charge in [0.15, 0.2) is 5.96 Å². The average Bonchev–Trinajstić information content (AvgIpc) is 2.51. The number of nitrogens with zero attached hydrogens (tertiary/aromatic N) is 1. The highest BCUT2D eigenvalue weighted by Gasteiger charge is 2.03. The third-order valence-corrected chi connectivity index (χ3v) is 2.98. The van der Waals surface area contributed by atoms with E-state index in [1.807, 2.05) is 30.3 Å². The molecule has 6 heteroatoms. The zero-order chi connectivity index (χ0) is 16.2. The van der Waals surface area contributed by atoms with Crippen LogP contribution in [0.2, 0.25) is 0 Å². The second-order valence-electron chi connectivity index (χ2n) is 5.65. The van der Waals surface area contributed by atoms with Gasteiger partial charge in [-0.15, -0.1) is 24.0 Å². The molecule has 5 nitrogen and oxygen atoms in total. The summed E-state index contributed by atoms with van der Waals surface area (Å²) in [6.07, 6.45) is 2.06. The van der Waals surface area contributed by atoms with Gasteiger partial charge in [0.1, 0.15) is 6.61 Å². The van der Waals surface area contributed by atoms with Crippen LogP contribution in [0.1, 0.15) is 38.7 Å². The van der Waals surface area contributed by atoms with Crippen molar-refractivity contribution in [2.75, 3.05) is 13.1 Å². The van der Waals surface area contributed by atoms with E-state index in [2.05, 4.69) is 24.2 Å². The minimum absolute atomic E-state index is 0. The van der Waals surface area contributed by atoms with Crippen molar-refractivity contribution in [1.82, 2.24) is 5.32 Å². The van der Waals surface area contributed by atoms with E-state index in [-0.39, 0.29) is 29.9 Å². The van der Waals surface area contributed by atoms with Gasteiger partial charge < -0.3 is 15.8 Å². The van der Waals surface area contributed by atoms with Gasteiger partial charge in [0.05, 0.1) is 0 Å². The fourth-order valence-electron chi connectivity index (χ4n) is 1.76. The van der Waals surface area contributed by atoms with Gasteiger partial charge in [0.25, 0.3) is 0 Å². The Morgan fingerprint density at radius 1 is 1.26 bits per heavy atom. The molecule has 0 heterocycles. The molecule has 0 radical (unpaired) electrons. The molecule has 1 rings (SSSR count). The van der Waals surface area contributed by atoms with E-state index in [0.717, 1.165) is 31.5 Å². The second kappa shape index (κ2) is 13.2. The van der Waals surface area contributed by atoms with Gasteiger partial charge in [-0.3, -0.25) is 9.79 Å². The smallest absolute Gasteiger partial charge is 0.306 e. The van der Waals surface area contributed by atoms with Crippen LogP contribution in [0.3, 0.4) is 0 Å². The zero-order valence-electron chi connectivity index (χ0n) is 14.0. The van der Waals surface area contributed by atoms with E-state index in [1.54, 1.807) is 0 Å². The Kier molecular flexibility index (Phi) is 12.4. The summed E-state index contributed by atoms with van der Waals surface area (Å²) in [6, 6.07) is 9.68. The predicted octanol–water partition coefficient (Wildman–Crippen LogP) is 3.08. The lowest BCUT2D eigenvalue weighted by molar-refractivity contribution is -0.145. The molecule has 0 fully saturated rings.